The monoisotopic (exact) mass is 570 g/mol. The SMILES string of the molecule is CCOC(=O)C1CCCN(C(=NC)NCC2CCN(S(=O)(=O)C(F)(F)F)CC2)C1.I. The summed E-state index contributed by atoms with van der Waals surface area (Å²) in [5, 5.41) is 3.22. The average Bonchev–Trinajstić information content (AvgIpc) is 2.68. The van der Waals surface area contributed by atoms with Gasteiger partial charge in [-0.05, 0) is 38.5 Å². The highest BCUT2D eigenvalue weighted by Gasteiger charge is 2.50. The number of rotatable bonds is 5. The summed E-state index contributed by atoms with van der Waals surface area (Å²) in [5.41, 5.74) is -5.26. The predicted octanol–water partition coefficient (Wildman–Crippen LogP) is 2.02. The zero-order valence-electron chi connectivity index (χ0n) is 17.2. The number of carbonyl (C=O) groups excluding carboxylic acids is 1. The van der Waals surface area contributed by atoms with E-state index in [1.54, 1.807) is 14.0 Å². The van der Waals surface area contributed by atoms with Crippen molar-refractivity contribution in [3.63, 3.8) is 0 Å². The van der Waals surface area contributed by atoms with E-state index in [1.165, 1.54) is 0 Å². The molecule has 8 nitrogen and oxygen atoms in total. The minimum atomic E-state index is -5.26. The molecule has 176 valence electrons. The molecule has 0 aromatic rings. The summed E-state index contributed by atoms with van der Waals surface area (Å²) in [6.07, 6.45) is 2.27. The number of piperidine rings is 2. The van der Waals surface area contributed by atoms with Gasteiger partial charge in [-0.2, -0.15) is 17.5 Å². The van der Waals surface area contributed by atoms with Gasteiger partial charge in [0.25, 0.3) is 0 Å². The fraction of sp³-hybridized carbons (Fsp3) is 0.882. The second-order valence-corrected chi connectivity index (χ2v) is 9.19. The lowest BCUT2D eigenvalue weighted by Crippen LogP contribution is -2.50. The minimum Gasteiger partial charge on any atom is -0.466 e. The molecule has 2 saturated heterocycles. The van der Waals surface area contributed by atoms with Crippen LogP contribution in [0.4, 0.5) is 13.2 Å². The van der Waals surface area contributed by atoms with Gasteiger partial charge in [0.1, 0.15) is 0 Å². The predicted molar refractivity (Wildman–Crippen MR) is 117 cm³/mol. The van der Waals surface area contributed by atoms with Crippen LogP contribution in [0.3, 0.4) is 0 Å². The number of hydrogen-bond acceptors (Lipinski definition) is 5. The van der Waals surface area contributed by atoms with Crippen molar-refractivity contribution in [1.29, 1.82) is 0 Å². The quantitative estimate of drug-likeness (QED) is 0.236. The molecule has 1 N–H and O–H groups in total. The summed E-state index contributed by atoms with van der Waals surface area (Å²) in [4.78, 5) is 18.2. The lowest BCUT2D eigenvalue weighted by atomic mass is 9.97. The molecule has 2 aliphatic rings. The molecule has 13 heteroatoms. The van der Waals surface area contributed by atoms with Crippen LogP contribution in [0.2, 0.25) is 0 Å². The summed E-state index contributed by atoms with van der Waals surface area (Å²) >= 11 is 0. The molecule has 30 heavy (non-hydrogen) atoms. The average molecular weight is 570 g/mol. The second kappa shape index (κ2) is 11.7. The maximum Gasteiger partial charge on any atom is 0.511 e. The van der Waals surface area contributed by atoms with E-state index in [-0.39, 0.29) is 54.9 Å². The summed E-state index contributed by atoms with van der Waals surface area (Å²) in [6, 6.07) is 0. The fourth-order valence-corrected chi connectivity index (χ4v) is 4.67. The Labute approximate surface area is 192 Å². The van der Waals surface area contributed by atoms with Gasteiger partial charge in [0.2, 0.25) is 0 Å². The van der Waals surface area contributed by atoms with Crippen LogP contribution in [-0.4, -0.2) is 81.4 Å². The number of likely N-dealkylation sites (tertiary alicyclic amines) is 1. The first-order chi connectivity index (χ1) is 13.6. The topological polar surface area (TPSA) is 91.3 Å². The third kappa shape index (κ3) is 6.84. The summed E-state index contributed by atoms with van der Waals surface area (Å²) in [6.45, 7) is 3.53. The normalized spacial score (nSPS) is 22.4. The third-order valence-corrected chi connectivity index (χ3v) is 6.94. The minimum absolute atomic E-state index is 0. The zero-order valence-corrected chi connectivity index (χ0v) is 20.3. The molecular weight excluding hydrogens is 540 g/mol. The number of hydrogen-bond donors (Lipinski definition) is 1. The van der Waals surface area contributed by atoms with E-state index in [1.807, 2.05) is 4.90 Å². The standard InChI is InChI=1S/C17H29F3N4O4S.HI/c1-3-28-15(25)14-5-4-8-23(12-14)16(21-2)22-11-13-6-9-24(10-7-13)29(26,27)17(18,19)20;/h13-14H,3-12H2,1-2H3,(H,21,22);1H. The number of alkyl halides is 3. The first kappa shape index (κ1) is 27.2. The Kier molecular flexibility index (Phi) is 10.6. The van der Waals surface area contributed by atoms with Gasteiger partial charge in [-0.25, -0.2) is 8.42 Å². The summed E-state index contributed by atoms with van der Waals surface area (Å²) in [7, 11) is -3.62. The van der Waals surface area contributed by atoms with Crippen LogP contribution in [0, 0.1) is 11.8 Å². The van der Waals surface area contributed by atoms with Crippen molar-refractivity contribution in [2.24, 2.45) is 16.8 Å². The van der Waals surface area contributed by atoms with Crippen molar-refractivity contribution in [3.05, 3.63) is 0 Å². The number of nitrogens with one attached hydrogen (secondary N) is 1. The number of halogens is 4. The summed E-state index contributed by atoms with van der Waals surface area (Å²) < 4.78 is 66.6. The van der Waals surface area contributed by atoms with Crippen LogP contribution in [0.1, 0.15) is 32.6 Å². The molecule has 2 heterocycles. The molecule has 2 rings (SSSR count). The van der Waals surface area contributed by atoms with E-state index in [0.29, 0.717) is 42.8 Å². The molecule has 0 spiro atoms. The lowest BCUT2D eigenvalue weighted by Gasteiger charge is -2.35. The Morgan fingerprint density at radius 2 is 1.83 bits per heavy atom. The molecule has 2 aliphatic heterocycles. The van der Waals surface area contributed by atoms with E-state index in [4.69, 9.17) is 4.74 Å². The number of ether oxygens (including phenoxy) is 1. The molecule has 1 atom stereocenters. The van der Waals surface area contributed by atoms with Crippen LogP contribution in [0.25, 0.3) is 0 Å². The van der Waals surface area contributed by atoms with E-state index in [9.17, 15) is 26.4 Å². The molecule has 2 fully saturated rings. The van der Waals surface area contributed by atoms with Crippen molar-refractivity contribution in [2.75, 3.05) is 46.4 Å². The molecule has 0 aromatic carbocycles. The van der Waals surface area contributed by atoms with E-state index in [0.717, 1.165) is 19.4 Å². The molecule has 0 amide bonds. The molecule has 0 aromatic heterocycles. The molecule has 0 radical (unpaired) electrons. The van der Waals surface area contributed by atoms with Crippen LogP contribution in [0.5, 0.6) is 0 Å². The van der Waals surface area contributed by atoms with Crippen molar-refractivity contribution in [3.8, 4) is 0 Å². The van der Waals surface area contributed by atoms with E-state index >= 15 is 0 Å². The second-order valence-electron chi connectivity index (χ2n) is 7.26. The molecular formula is C17H30F3IN4O4S. The first-order valence-corrected chi connectivity index (χ1v) is 11.2. The van der Waals surface area contributed by atoms with Crippen molar-refractivity contribution >= 4 is 45.9 Å². The largest absolute Gasteiger partial charge is 0.511 e. The van der Waals surface area contributed by atoms with Crippen LogP contribution in [0.15, 0.2) is 4.99 Å². The maximum atomic E-state index is 12.7. The number of carbonyl (C=O) groups is 1. The molecule has 0 saturated carbocycles. The number of guanidine groups is 1. The van der Waals surface area contributed by atoms with Gasteiger partial charge in [-0.1, -0.05) is 0 Å². The highest BCUT2D eigenvalue weighted by molar-refractivity contribution is 14.0. The van der Waals surface area contributed by atoms with Gasteiger partial charge >= 0.3 is 21.5 Å². The number of esters is 1. The van der Waals surface area contributed by atoms with Gasteiger partial charge in [0, 0.05) is 39.8 Å². The first-order valence-electron chi connectivity index (χ1n) is 9.78. The third-order valence-electron chi connectivity index (χ3n) is 5.31. The van der Waals surface area contributed by atoms with Crippen LogP contribution in [-0.2, 0) is 19.6 Å². The Bertz CT molecular complexity index is 698. The Balaban J connectivity index is 0.00000450. The van der Waals surface area contributed by atoms with Crippen molar-refractivity contribution in [2.45, 2.75) is 38.1 Å². The zero-order chi connectivity index (χ0) is 21.7. The van der Waals surface area contributed by atoms with Gasteiger partial charge in [0.15, 0.2) is 5.96 Å². The number of aliphatic imine (C=N–C) groups is 1. The molecule has 1 unspecified atom stereocenters. The van der Waals surface area contributed by atoms with E-state index < -0.39 is 15.5 Å². The van der Waals surface area contributed by atoms with Crippen molar-refractivity contribution in [1.82, 2.24) is 14.5 Å². The van der Waals surface area contributed by atoms with Crippen molar-refractivity contribution < 1.29 is 31.1 Å². The van der Waals surface area contributed by atoms with Gasteiger partial charge in [-0.15, -0.1) is 24.0 Å². The number of sulfonamides is 1. The smallest absolute Gasteiger partial charge is 0.466 e. The van der Waals surface area contributed by atoms with Crippen LogP contribution >= 0.6 is 24.0 Å². The molecule has 0 bridgehead atoms. The Hall–Kier alpha value is -0.830. The summed E-state index contributed by atoms with van der Waals surface area (Å²) in [5.74, 6) is 0.241. The maximum absolute atomic E-state index is 12.7. The lowest BCUT2D eigenvalue weighted by molar-refractivity contribution is -0.149. The van der Waals surface area contributed by atoms with Gasteiger partial charge in [0.05, 0.1) is 12.5 Å². The van der Waals surface area contributed by atoms with Gasteiger partial charge < -0.3 is 15.0 Å². The highest BCUT2D eigenvalue weighted by Crippen LogP contribution is 2.30. The number of nitrogens with zero attached hydrogens (tertiary/aromatic N) is 3. The Morgan fingerprint density at radius 1 is 1.20 bits per heavy atom. The Morgan fingerprint density at radius 3 is 2.37 bits per heavy atom. The van der Waals surface area contributed by atoms with Gasteiger partial charge in [-0.3, -0.25) is 9.79 Å². The van der Waals surface area contributed by atoms with Crippen LogP contribution < -0.4 is 5.32 Å². The highest BCUT2D eigenvalue weighted by atomic mass is 127. The van der Waals surface area contributed by atoms with E-state index in [2.05, 4.69) is 10.3 Å². The fourth-order valence-electron chi connectivity index (χ4n) is 3.69. The molecule has 0 aliphatic carbocycles.